The number of carbonyl (C=O) groups is 2. The van der Waals surface area contributed by atoms with Crippen LogP contribution >= 0.6 is 0 Å². The average molecular weight is 293 g/mol. The van der Waals surface area contributed by atoms with Gasteiger partial charge in [0.2, 0.25) is 5.78 Å². The maximum absolute atomic E-state index is 11.8. The molecule has 4 heteroatoms. The molecule has 2 aromatic rings. The summed E-state index contributed by atoms with van der Waals surface area (Å²) in [5.74, 6) is 6.28. The Hall–Kier alpha value is -2.80. The largest absolute Gasteiger partial charge is 0.502 e. The lowest BCUT2D eigenvalue weighted by Gasteiger charge is -2.06. The molecule has 1 aromatic heterocycles. The SMILES string of the molecule is CO/C=C(/C(=O)C=O)n1ccc2ccc(C#CC3CC3)cc21. The van der Waals surface area contributed by atoms with E-state index in [2.05, 4.69) is 11.8 Å². The van der Waals surface area contributed by atoms with Crippen LogP contribution in [0.2, 0.25) is 0 Å². The zero-order chi connectivity index (χ0) is 15.5. The lowest BCUT2D eigenvalue weighted by atomic mass is 10.1. The van der Waals surface area contributed by atoms with Crippen molar-refractivity contribution in [1.29, 1.82) is 0 Å². The predicted octanol–water partition coefficient (Wildman–Crippen LogP) is 2.62. The van der Waals surface area contributed by atoms with Crippen LogP contribution in [0.15, 0.2) is 36.7 Å². The molecule has 1 fully saturated rings. The molecule has 22 heavy (non-hydrogen) atoms. The second-order valence-corrected chi connectivity index (χ2v) is 5.22. The second kappa shape index (κ2) is 5.90. The van der Waals surface area contributed by atoms with Gasteiger partial charge in [-0.2, -0.15) is 0 Å². The van der Waals surface area contributed by atoms with E-state index in [4.69, 9.17) is 4.74 Å². The molecular weight excluding hydrogens is 278 g/mol. The van der Waals surface area contributed by atoms with Gasteiger partial charge in [-0.25, -0.2) is 0 Å². The minimum Gasteiger partial charge on any atom is -0.502 e. The number of nitrogens with zero attached hydrogens (tertiary/aromatic N) is 1. The highest BCUT2D eigenvalue weighted by molar-refractivity contribution is 6.43. The molecule has 0 saturated heterocycles. The summed E-state index contributed by atoms with van der Waals surface area (Å²) in [7, 11) is 1.44. The Balaban J connectivity index is 2.07. The number of ether oxygens (including phenoxy) is 1. The van der Waals surface area contributed by atoms with Crippen molar-refractivity contribution in [2.24, 2.45) is 5.92 Å². The first-order valence-corrected chi connectivity index (χ1v) is 7.08. The van der Waals surface area contributed by atoms with E-state index in [0.717, 1.165) is 16.5 Å². The Kier molecular flexibility index (Phi) is 3.80. The first-order valence-electron chi connectivity index (χ1n) is 7.08. The molecule has 1 saturated carbocycles. The molecule has 0 amide bonds. The number of benzene rings is 1. The standard InChI is InChI=1S/C18H15NO3/c1-22-12-17(18(21)11-20)19-9-8-15-7-6-14(10-16(15)19)5-4-13-2-3-13/h6-13H,2-3H2,1H3/b17-12-. The Morgan fingerprint density at radius 1 is 1.36 bits per heavy atom. The summed E-state index contributed by atoms with van der Waals surface area (Å²) in [6.45, 7) is 0. The zero-order valence-electron chi connectivity index (χ0n) is 12.2. The minimum atomic E-state index is -0.631. The number of carbonyl (C=O) groups excluding carboxylic acids is 2. The van der Waals surface area contributed by atoms with Crippen LogP contribution in [0.5, 0.6) is 0 Å². The van der Waals surface area contributed by atoms with Gasteiger partial charge in [0.25, 0.3) is 0 Å². The van der Waals surface area contributed by atoms with Crippen molar-refractivity contribution >= 4 is 28.7 Å². The highest BCUT2D eigenvalue weighted by atomic mass is 16.5. The van der Waals surface area contributed by atoms with Crippen molar-refractivity contribution in [3.8, 4) is 11.8 Å². The minimum absolute atomic E-state index is 0.180. The van der Waals surface area contributed by atoms with Crippen LogP contribution in [-0.4, -0.2) is 23.7 Å². The average Bonchev–Trinajstić information content (AvgIpc) is 3.28. The normalized spacial score (nSPS) is 14.3. The van der Waals surface area contributed by atoms with Crippen LogP contribution in [-0.2, 0) is 14.3 Å². The third kappa shape index (κ3) is 2.79. The van der Waals surface area contributed by atoms with Gasteiger partial charge in [-0.05, 0) is 31.0 Å². The highest BCUT2D eigenvalue weighted by Crippen LogP contribution is 2.28. The van der Waals surface area contributed by atoms with Crippen molar-refractivity contribution in [2.45, 2.75) is 12.8 Å². The molecule has 110 valence electrons. The molecule has 1 aliphatic rings. The van der Waals surface area contributed by atoms with Crippen molar-refractivity contribution < 1.29 is 14.3 Å². The summed E-state index contributed by atoms with van der Waals surface area (Å²) >= 11 is 0. The number of hydrogen-bond donors (Lipinski definition) is 0. The van der Waals surface area contributed by atoms with E-state index in [1.807, 2.05) is 24.3 Å². The fraction of sp³-hybridized carbons (Fsp3) is 0.222. The number of ketones is 1. The smallest absolute Gasteiger partial charge is 0.245 e. The maximum atomic E-state index is 11.8. The number of hydrogen-bond acceptors (Lipinski definition) is 3. The van der Waals surface area contributed by atoms with Gasteiger partial charge in [0.15, 0.2) is 6.29 Å². The van der Waals surface area contributed by atoms with E-state index in [9.17, 15) is 9.59 Å². The topological polar surface area (TPSA) is 48.3 Å². The first-order chi connectivity index (χ1) is 10.7. The summed E-state index contributed by atoms with van der Waals surface area (Å²) in [4.78, 5) is 22.6. The Morgan fingerprint density at radius 2 is 2.18 bits per heavy atom. The van der Waals surface area contributed by atoms with Gasteiger partial charge in [0.05, 0.1) is 12.6 Å². The predicted molar refractivity (Wildman–Crippen MR) is 83.9 cm³/mol. The molecular formula is C18H15NO3. The monoisotopic (exact) mass is 293 g/mol. The summed E-state index contributed by atoms with van der Waals surface area (Å²) in [5, 5.41) is 0.970. The quantitative estimate of drug-likeness (QED) is 0.286. The van der Waals surface area contributed by atoms with Crippen LogP contribution in [0.1, 0.15) is 18.4 Å². The number of aromatic nitrogens is 1. The van der Waals surface area contributed by atoms with Gasteiger partial charge in [-0.1, -0.05) is 17.9 Å². The molecule has 1 aliphatic carbocycles. The number of rotatable bonds is 4. The van der Waals surface area contributed by atoms with Gasteiger partial charge in [0, 0.05) is 23.1 Å². The molecule has 0 atom stereocenters. The van der Waals surface area contributed by atoms with E-state index in [-0.39, 0.29) is 12.0 Å². The van der Waals surface area contributed by atoms with Crippen LogP contribution in [0.25, 0.3) is 16.6 Å². The third-order valence-corrected chi connectivity index (χ3v) is 3.54. The number of aldehydes is 1. The Morgan fingerprint density at radius 3 is 2.86 bits per heavy atom. The van der Waals surface area contributed by atoms with E-state index in [0.29, 0.717) is 5.92 Å². The lowest BCUT2D eigenvalue weighted by molar-refractivity contribution is -0.126. The van der Waals surface area contributed by atoms with Gasteiger partial charge >= 0.3 is 0 Å². The molecule has 0 bridgehead atoms. The summed E-state index contributed by atoms with van der Waals surface area (Å²) in [5.41, 5.74) is 1.90. The van der Waals surface area contributed by atoms with E-state index < -0.39 is 5.78 Å². The second-order valence-electron chi connectivity index (χ2n) is 5.22. The highest BCUT2D eigenvalue weighted by Gasteiger charge is 2.18. The molecule has 0 spiro atoms. The number of fused-ring (bicyclic) bond motifs is 1. The van der Waals surface area contributed by atoms with Crippen LogP contribution < -0.4 is 0 Å². The van der Waals surface area contributed by atoms with Gasteiger partial charge in [-0.15, -0.1) is 0 Å². The Labute approximate surface area is 128 Å². The fourth-order valence-electron chi connectivity index (χ4n) is 2.23. The molecule has 0 radical (unpaired) electrons. The van der Waals surface area contributed by atoms with Crippen molar-refractivity contribution in [3.05, 3.63) is 42.3 Å². The summed E-state index contributed by atoms with van der Waals surface area (Å²) in [6.07, 6.45) is 5.67. The third-order valence-electron chi connectivity index (χ3n) is 3.54. The van der Waals surface area contributed by atoms with Crippen molar-refractivity contribution in [2.75, 3.05) is 7.11 Å². The van der Waals surface area contributed by atoms with Gasteiger partial charge < -0.3 is 9.30 Å². The van der Waals surface area contributed by atoms with Crippen molar-refractivity contribution in [1.82, 2.24) is 4.57 Å². The van der Waals surface area contributed by atoms with E-state index >= 15 is 0 Å². The van der Waals surface area contributed by atoms with Gasteiger partial charge in [0.1, 0.15) is 12.0 Å². The number of Topliss-reactive ketones (excluding diaryl/α,β-unsaturated/α-hetero) is 1. The van der Waals surface area contributed by atoms with E-state index in [1.165, 1.54) is 26.2 Å². The Bertz CT molecular complexity index is 829. The van der Waals surface area contributed by atoms with Crippen LogP contribution in [0.3, 0.4) is 0 Å². The van der Waals surface area contributed by atoms with Gasteiger partial charge in [-0.3, -0.25) is 9.59 Å². The lowest BCUT2D eigenvalue weighted by Crippen LogP contribution is -2.09. The summed E-state index contributed by atoms with van der Waals surface area (Å²) in [6, 6.07) is 7.73. The molecule has 4 nitrogen and oxygen atoms in total. The van der Waals surface area contributed by atoms with Crippen LogP contribution in [0, 0.1) is 17.8 Å². The number of methoxy groups -OCH3 is 1. The first kappa shape index (κ1) is 14.2. The van der Waals surface area contributed by atoms with Crippen LogP contribution in [0.4, 0.5) is 0 Å². The zero-order valence-corrected chi connectivity index (χ0v) is 12.2. The van der Waals surface area contributed by atoms with Crippen molar-refractivity contribution in [3.63, 3.8) is 0 Å². The molecule has 1 aromatic carbocycles. The molecule has 3 rings (SSSR count). The van der Waals surface area contributed by atoms with E-state index in [1.54, 1.807) is 10.8 Å². The molecule has 0 aliphatic heterocycles. The number of allylic oxidation sites excluding steroid dienone is 1. The maximum Gasteiger partial charge on any atom is 0.245 e. The molecule has 0 N–H and O–H groups in total. The summed E-state index contributed by atoms with van der Waals surface area (Å²) < 4.78 is 6.58. The molecule has 1 heterocycles. The fourth-order valence-corrected chi connectivity index (χ4v) is 2.23. The molecule has 0 unspecified atom stereocenters.